The van der Waals surface area contributed by atoms with E-state index in [9.17, 15) is 4.39 Å². The molecule has 2 heteroatoms. The van der Waals surface area contributed by atoms with E-state index in [1.54, 1.807) is 0 Å². The van der Waals surface area contributed by atoms with Crippen LogP contribution in [0.3, 0.4) is 0 Å². The van der Waals surface area contributed by atoms with E-state index < -0.39 is 0 Å². The Morgan fingerprint density at radius 3 is 2.83 bits per heavy atom. The molecule has 12 heavy (non-hydrogen) atoms. The van der Waals surface area contributed by atoms with Crippen LogP contribution in [0.4, 0.5) is 4.39 Å². The fourth-order valence-electron chi connectivity index (χ4n) is 1.59. The van der Waals surface area contributed by atoms with Crippen LogP contribution < -0.4 is 0 Å². The van der Waals surface area contributed by atoms with Gasteiger partial charge in [0.05, 0.1) is 6.07 Å². The molecule has 0 spiro atoms. The SMILES string of the molecule is CCC1=C(F)C=C(C#N)CC1C. The normalized spacial score (nSPS) is 23.5. The number of allylic oxidation sites excluding steroid dienone is 4. The van der Waals surface area contributed by atoms with Gasteiger partial charge in [-0.05, 0) is 30.4 Å². The summed E-state index contributed by atoms with van der Waals surface area (Å²) in [6, 6.07) is 2.00. The summed E-state index contributed by atoms with van der Waals surface area (Å²) in [6.07, 6.45) is 2.79. The van der Waals surface area contributed by atoms with Crippen molar-refractivity contribution in [3.05, 3.63) is 23.0 Å². The zero-order valence-electron chi connectivity index (χ0n) is 7.39. The second-order valence-corrected chi connectivity index (χ2v) is 3.11. The zero-order valence-corrected chi connectivity index (χ0v) is 7.39. The summed E-state index contributed by atoms with van der Waals surface area (Å²) < 4.78 is 13.2. The molecule has 1 nitrogen and oxygen atoms in total. The molecule has 0 N–H and O–H groups in total. The van der Waals surface area contributed by atoms with Crippen molar-refractivity contribution < 1.29 is 4.39 Å². The lowest BCUT2D eigenvalue weighted by Gasteiger charge is -2.18. The molecule has 0 saturated heterocycles. The molecule has 0 radical (unpaired) electrons. The molecular weight excluding hydrogens is 153 g/mol. The minimum Gasteiger partial charge on any atom is -0.207 e. The molecular formula is C10H12FN. The summed E-state index contributed by atoms with van der Waals surface area (Å²) in [5, 5.41) is 8.58. The second-order valence-electron chi connectivity index (χ2n) is 3.11. The van der Waals surface area contributed by atoms with Gasteiger partial charge in [-0.3, -0.25) is 0 Å². The van der Waals surface area contributed by atoms with Crippen LogP contribution in [0.1, 0.15) is 26.7 Å². The van der Waals surface area contributed by atoms with Crippen molar-refractivity contribution in [3.63, 3.8) is 0 Å². The number of nitriles is 1. The summed E-state index contributed by atoms with van der Waals surface area (Å²) in [6.45, 7) is 3.90. The molecule has 64 valence electrons. The Hall–Kier alpha value is -1.10. The first kappa shape index (κ1) is 8.99. The Morgan fingerprint density at radius 1 is 1.75 bits per heavy atom. The van der Waals surface area contributed by atoms with Crippen molar-refractivity contribution in [2.45, 2.75) is 26.7 Å². The Balaban J connectivity index is 2.99. The van der Waals surface area contributed by atoms with Gasteiger partial charge in [0.15, 0.2) is 0 Å². The highest BCUT2D eigenvalue weighted by Gasteiger charge is 2.18. The third-order valence-corrected chi connectivity index (χ3v) is 2.25. The molecule has 0 aromatic rings. The number of rotatable bonds is 1. The van der Waals surface area contributed by atoms with Crippen LogP contribution in [0.15, 0.2) is 23.0 Å². The van der Waals surface area contributed by atoms with Crippen LogP contribution in [-0.2, 0) is 0 Å². The first-order chi connectivity index (χ1) is 5.69. The zero-order chi connectivity index (χ0) is 9.14. The standard InChI is InChI=1S/C10H12FN/c1-3-9-7(2)4-8(6-12)5-10(9)11/h5,7H,3-4H2,1-2H3. The van der Waals surface area contributed by atoms with Gasteiger partial charge in [-0.15, -0.1) is 0 Å². The first-order valence-electron chi connectivity index (χ1n) is 4.18. The Morgan fingerprint density at radius 2 is 2.42 bits per heavy atom. The quantitative estimate of drug-likeness (QED) is 0.585. The van der Waals surface area contributed by atoms with Gasteiger partial charge in [0.2, 0.25) is 0 Å². The molecule has 1 aliphatic carbocycles. The van der Waals surface area contributed by atoms with Gasteiger partial charge in [0, 0.05) is 5.57 Å². The minimum atomic E-state index is -0.201. The molecule has 0 aliphatic heterocycles. The van der Waals surface area contributed by atoms with Crippen molar-refractivity contribution >= 4 is 0 Å². The van der Waals surface area contributed by atoms with Crippen LogP contribution in [0, 0.1) is 17.2 Å². The van der Waals surface area contributed by atoms with Gasteiger partial charge in [-0.1, -0.05) is 13.8 Å². The van der Waals surface area contributed by atoms with E-state index in [0.717, 1.165) is 12.0 Å². The highest BCUT2D eigenvalue weighted by molar-refractivity contribution is 5.37. The Labute approximate surface area is 72.2 Å². The molecule has 0 fully saturated rings. The topological polar surface area (TPSA) is 23.8 Å². The van der Waals surface area contributed by atoms with E-state index in [1.807, 2.05) is 19.9 Å². The number of nitrogens with zero attached hydrogens (tertiary/aromatic N) is 1. The molecule has 1 atom stereocenters. The number of hydrogen-bond acceptors (Lipinski definition) is 1. The summed E-state index contributed by atoms with van der Waals surface area (Å²) >= 11 is 0. The van der Waals surface area contributed by atoms with Crippen molar-refractivity contribution in [3.8, 4) is 6.07 Å². The Bertz CT molecular complexity index is 281. The molecule has 0 saturated carbocycles. The van der Waals surface area contributed by atoms with Gasteiger partial charge >= 0.3 is 0 Å². The molecule has 1 unspecified atom stereocenters. The third kappa shape index (κ3) is 1.55. The first-order valence-corrected chi connectivity index (χ1v) is 4.18. The summed E-state index contributed by atoms with van der Waals surface area (Å²) in [4.78, 5) is 0. The highest BCUT2D eigenvalue weighted by Crippen LogP contribution is 2.31. The summed E-state index contributed by atoms with van der Waals surface area (Å²) in [7, 11) is 0. The third-order valence-electron chi connectivity index (χ3n) is 2.25. The molecule has 0 aromatic heterocycles. The van der Waals surface area contributed by atoms with Crippen molar-refractivity contribution in [1.82, 2.24) is 0 Å². The van der Waals surface area contributed by atoms with E-state index in [0.29, 0.717) is 12.0 Å². The summed E-state index contributed by atoms with van der Waals surface area (Å²) in [5.74, 6) is -0.0116. The van der Waals surface area contributed by atoms with E-state index in [2.05, 4.69) is 0 Å². The van der Waals surface area contributed by atoms with Crippen LogP contribution in [0.25, 0.3) is 0 Å². The van der Waals surface area contributed by atoms with Crippen molar-refractivity contribution in [2.75, 3.05) is 0 Å². The fourth-order valence-corrected chi connectivity index (χ4v) is 1.59. The lowest BCUT2D eigenvalue weighted by Crippen LogP contribution is -2.06. The van der Waals surface area contributed by atoms with E-state index in [-0.39, 0.29) is 11.7 Å². The average molecular weight is 165 g/mol. The van der Waals surface area contributed by atoms with Gasteiger partial charge in [-0.2, -0.15) is 5.26 Å². The lowest BCUT2D eigenvalue weighted by molar-refractivity contribution is 0.561. The average Bonchev–Trinajstić information content (AvgIpc) is 2.03. The van der Waals surface area contributed by atoms with Crippen molar-refractivity contribution in [1.29, 1.82) is 5.26 Å². The molecule has 0 bridgehead atoms. The Kier molecular flexibility index (Phi) is 2.65. The van der Waals surface area contributed by atoms with Crippen LogP contribution >= 0.6 is 0 Å². The fraction of sp³-hybridized carbons (Fsp3) is 0.500. The molecule has 0 aromatic carbocycles. The van der Waals surface area contributed by atoms with Crippen LogP contribution in [0.5, 0.6) is 0 Å². The molecule has 0 heterocycles. The van der Waals surface area contributed by atoms with Crippen LogP contribution in [-0.4, -0.2) is 0 Å². The predicted molar refractivity (Wildman–Crippen MR) is 45.9 cm³/mol. The van der Waals surface area contributed by atoms with Crippen LogP contribution in [0.2, 0.25) is 0 Å². The lowest BCUT2D eigenvalue weighted by atomic mass is 9.87. The van der Waals surface area contributed by atoms with E-state index in [4.69, 9.17) is 5.26 Å². The smallest absolute Gasteiger partial charge is 0.123 e. The monoisotopic (exact) mass is 165 g/mol. The number of hydrogen-bond donors (Lipinski definition) is 0. The largest absolute Gasteiger partial charge is 0.207 e. The summed E-state index contributed by atoms with van der Waals surface area (Å²) in [5.41, 5.74) is 1.39. The molecule has 0 amide bonds. The van der Waals surface area contributed by atoms with Gasteiger partial charge in [0.1, 0.15) is 5.83 Å². The maximum Gasteiger partial charge on any atom is 0.123 e. The van der Waals surface area contributed by atoms with Gasteiger partial charge < -0.3 is 0 Å². The maximum absolute atomic E-state index is 13.2. The molecule has 1 rings (SSSR count). The number of halogens is 1. The van der Waals surface area contributed by atoms with E-state index in [1.165, 1.54) is 6.08 Å². The second kappa shape index (κ2) is 3.53. The van der Waals surface area contributed by atoms with Gasteiger partial charge in [-0.25, -0.2) is 4.39 Å². The van der Waals surface area contributed by atoms with E-state index >= 15 is 0 Å². The van der Waals surface area contributed by atoms with Gasteiger partial charge in [0.25, 0.3) is 0 Å². The maximum atomic E-state index is 13.2. The molecule has 1 aliphatic rings. The van der Waals surface area contributed by atoms with Crippen molar-refractivity contribution in [2.24, 2.45) is 5.92 Å². The highest BCUT2D eigenvalue weighted by atomic mass is 19.1. The predicted octanol–water partition coefficient (Wildman–Crippen LogP) is 3.11. The minimum absolute atomic E-state index is 0.189.